The normalized spacial score (nSPS) is 24.9. The van der Waals surface area contributed by atoms with Gasteiger partial charge in [0, 0.05) is 11.1 Å². The van der Waals surface area contributed by atoms with Crippen LogP contribution < -0.4 is 5.32 Å². The van der Waals surface area contributed by atoms with Crippen molar-refractivity contribution in [2.45, 2.75) is 19.1 Å². The van der Waals surface area contributed by atoms with Gasteiger partial charge >= 0.3 is 12.1 Å². The van der Waals surface area contributed by atoms with E-state index in [2.05, 4.69) is 10.1 Å². The predicted molar refractivity (Wildman–Crippen MR) is 100 cm³/mol. The SMILES string of the molecule is CCOC(=O)OC(=O)[C@@H]1[C@H](C(=O)Nc2cccc3ccccc23)[C@H]2C=C[C@@H]1O2. The van der Waals surface area contributed by atoms with Crippen molar-refractivity contribution >= 4 is 34.5 Å². The van der Waals surface area contributed by atoms with Crippen molar-refractivity contribution in [2.24, 2.45) is 11.8 Å². The molecule has 1 saturated heterocycles. The molecule has 0 aromatic heterocycles. The van der Waals surface area contributed by atoms with Gasteiger partial charge in [-0.25, -0.2) is 4.79 Å². The second kappa shape index (κ2) is 7.44. The number of amides is 1. The average molecular weight is 381 g/mol. The Balaban J connectivity index is 1.56. The van der Waals surface area contributed by atoms with Crippen molar-refractivity contribution in [1.29, 1.82) is 0 Å². The first-order valence-corrected chi connectivity index (χ1v) is 9.09. The molecule has 1 amide bonds. The highest BCUT2D eigenvalue weighted by atomic mass is 16.7. The molecule has 1 fully saturated rings. The molecule has 0 radical (unpaired) electrons. The van der Waals surface area contributed by atoms with E-state index in [0.717, 1.165) is 10.8 Å². The molecule has 0 aliphatic carbocycles. The van der Waals surface area contributed by atoms with E-state index in [9.17, 15) is 14.4 Å². The highest BCUT2D eigenvalue weighted by molar-refractivity contribution is 6.04. The van der Waals surface area contributed by atoms with E-state index in [1.807, 2.05) is 36.4 Å². The van der Waals surface area contributed by atoms with Crippen molar-refractivity contribution in [3.8, 4) is 0 Å². The molecule has 4 rings (SSSR count). The lowest BCUT2D eigenvalue weighted by atomic mass is 9.82. The second-order valence-electron chi connectivity index (χ2n) is 6.62. The van der Waals surface area contributed by atoms with E-state index in [-0.39, 0.29) is 12.5 Å². The van der Waals surface area contributed by atoms with Gasteiger partial charge in [0.25, 0.3) is 0 Å². The van der Waals surface area contributed by atoms with Crippen LogP contribution in [0.3, 0.4) is 0 Å². The van der Waals surface area contributed by atoms with Crippen LogP contribution in [0.25, 0.3) is 10.8 Å². The molecular weight excluding hydrogens is 362 g/mol. The summed E-state index contributed by atoms with van der Waals surface area (Å²) in [6, 6.07) is 13.3. The van der Waals surface area contributed by atoms with Crippen LogP contribution in [0.2, 0.25) is 0 Å². The van der Waals surface area contributed by atoms with Gasteiger partial charge in [0.05, 0.1) is 24.7 Å². The monoisotopic (exact) mass is 381 g/mol. The van der Waals surface area contributed by atoms with Crippen molar-refractivity contribution in [1.82, 2.24) is 0 Å². The van der Waals surface area contributed by atoms with Crippen LogP contribution in [0.15, 0.2) is 54.6 Å². The fraction of sp³-hybridized carbons (Fsp3) is 0.286. The van der Waals surface area contributed by atoms with Crippen LogP contribution in [0.1, 0.15) is 6.92 Å². The van der Waals surface area contributed by atoms with E-state index in [1.165, 1.54) is 0 Å². The number of hydrogen-bond acceptors (Lipinski definition) is 6. The van der Waals surface area contributed by atoms with Crippen molar-refractivity contribution in [3.05, 3.63) is 54.6 Å². The number of fused-ring (bicyclic) bond motifs is 3. The molecule has 4 atom stereocenters. The molecule has 0 spiro atoms. The first kappa shape index (κ1) is 18.2. The van der Waals surface area contributed by atoms with Crippen molar-refractivity contribution in [3.63, 3.8) is 0 Å². The lowest BCUT2D eigenvalue weighted by Gasteiger charge is -2.22. The zero-order chi connectivity index (χ0) is 19.7. The minimum absolute atomic E-state index is 0.0875. The largest absolute Gasteiger partial charge is 0.516 e. The molecule has 7 nitrogen and oxygen atoms in total. The Morgan fingerprint density at radius 2 is 1.71 bits per heavy atom. The molecule has 2 aliphatic rings. The van der Waals surface area contributed by atoms with Crippen LogP contribution in [0.4, 0.5) is 10.5 Å². The quantitative estimate of drug-likeness (QED) is 0.497. The van der Waals surface area contributed by atoms with Gasteiger partial charge in [-0.05, 0) is 18.4 Å². The lowest BCUT2D eigenvalue weighted by Crippen LogP contribution is -2.40. The third-order valence-electron chi connectivity index (χ3n) is 4.97. The molecule has 2 aromatic rings. The first-order valence-electron chi connectivity index (χ1n) is 9.09. The first-order chi connectivity index (χ1) is 13.6. The Labute approximate surface area is 161 Å². The number of benzene rings is 2. The maximum Gasteiger partial charge on any atom is 0.516 e. The Bertz CT molecular complexity index is 963. The fourth-order valence-corrected chi connectivity index (χ4v) is 3.75. The molecule has 144 valence electrons. The summed E-state index contributed by atoms with van der Waals surface area (Å²) in [4.78, 5) is 37.0. The molecule has 2 aromatic carbocycles. The predicted octanol–water partition coefficient (Wildman–Crippen LogP) is 3.05. The molecule has 0 saturated carbocycles. The summed E-state index contributed by atoms with van der Waals surface area (Å²) >= 11 is 0. The third kappa shape index (κ3) is 3.25. The Kier molecular flexibility index (Phi) is 4.83. The van der Waals surface area contributed by atoms with E-state index in [1.54, 1.807) is 25.1 Å². The molecule has 0 unspecified atom stereocenters. The minimum atomic E-state index is -1.08. The van der Waals surface area contributed by atoms with Crippen LogP contribution in [-0.2, 0) is 23.8 Å². The van der Waals surface area contributed by atoms with Gasteiger partial charge in [-0.1, -0.05) is 48.6 Å². The Hall–Kier alpha value is -3.19. The highest BCUT2D eigenvalue weighted by Gasteiger charge is 2.54. The van der Waals surface area contributed by atoms with Crippen LogP contribution >= 0.6 is 0 Å². The van der Waals surface area contributed by atoms with Gasteiger partial charge in [0.2, 0.25) is 5.91 Å². The van der Waals surface area contributed by atoms with E-state index < -0.39 is 36.2 Å². The summed E-state index contributed by atoms with van der Waals surface area (Å²) in [7, 11) is 0. The zero-order valence-electron chi connectivity index (χ0n) is 15.2. The van der Waals surface area contributed by atoms with Gasteiger partial charge in [0.1, 0.15) is 5.92 Å². The number of esters is 1. The summed E-state index contributed by atoms with van der Waals surface area (Å²) < 4.78 is 15.1. The standard InChI is InChI=1S/C21H19NO6/c1-2-26-21(25)28-20(24)18-16-11-10-15(27-16)17(18)19(23)22-14-9-5-7-12-6-3-4-8-13(12)14/h3-11,15-18H,2H2,1H3,(H,22,23)/t15-,16+,17-,18+/m1/s1. The highest BCUT2D eigenvalue weighted by Crippen LogP contribution is 2.40. The van der Waals surface area contributed by atoms with Crippen LogP contribution in [-0.4, -0.2) is 36.8 Å². The Morgan fingerprint density at radius 1 is 1.00 bits per heavy atom. The van der Waals surface area contributed by atoms with Gasteiger partial charge < -0.3 is 19.5 Å². The maximum atomic E-state index is 13.0. The van der Waals surface area contributed by atoms with Crippen molar-refractivity contribution in [2.75, 3.05) is 11.9 Å². The lowest BCUT2D eigenvalue weighted by molar-refractivity contribution is -0.148. The summed E-state index contributed by atoms with van der Waals surface area (Å²) in [5, 5.41) is 4.78. The minimum Gasteiger partial charge on any atom is -0.434 e. The van der Waals surface area contributed by atoms with Crippen molar-refractivity contribution < 1.29 is 28.6 Å². The van der Waals surface area contributed by atoms with Crippen LogP contribution in [0, 0.1) is 11.8 Å². The number of ether oxygens (including phenoxy) is 3. The molecule has 1 N–H and O–H groups in total. The van der Waals surface area contributed by atoms with E-state index >= 15 is 0 Å². The van der Waals surface area contributed by atoms with Gasteiger partial charge in [0.15, 0.2) is 0 Å². The maximum absolute atomic E-state index is 13.0. The van der Waals surface area contributed by atoms with E-state index in [0.29, 0.717) is 5.69 Å². The third-order valence-corrected chi connectivity index (χ3v) is 4.97. The number of rotatable bonds is 4. The van der Waals surface area contributed by atoms with Gasteiger partial charge in [-0.2, -0.15) is 0 Å². The number of carbonyl (C=O) groups is 3. The summed E-state index contributed by atoms with van der Waals surface area (Å²) in [5.74, 6) is -2.89. The Morgan fingerprint density at radius 3 is 2.50 bits per heavy atom. The topological polar surface area (TPSA) is 90.9 Å². The zero-order valence-corrected chi connectivity index (χ0v) is 15.2. The molecule has 2 heterocycles. The average Bonchev–Trinajstić information content (AvgIpc) is 3.30. The molecule has 2 aliphatic heterocycles. The fourth-order valence-electron chi connectivity index (χ4n) is 3.75. The molecule has 7 heteroatoms. The van der Waals surface area contributed by atoms with Crippen LogP contribution in [0.5, 0.6) is 0 Å². The molecule has 28 heavy (non-hydrogen) atoms. The van der Waals surface area contributed by atoms with Gasteiger partial charge in [-0.3, -0.25) is 9.59 Å². The van der Waals surface area contributed by atoms with E-state index in [4.69, 9.17) is 9.47 Å². The number of anilines is 1. The van der Waals surface area contributed by atoms with Gasteiger partial charge in [-0.15, -0.1) is 0 Å². The smallest absolute Gasteiger partial charge is 0.434 e. The number of nitrogens with one attached hydrogen (secondary N) is 1. The number of carbonyl (C=O) groups excluding carboxylic acids is 3. The second-order valence-corrected chi connectivity index (χ2v) is 6.62. The summed E-state index contributed by atoms with van der Waals surface area (Å²) in [6.45, 7) is 1.69. The number of hydrogen-bond donors (Lipinski definition) is 1. The molecular formula is C21H19NO6. The summed E-state index contributed by atoms with van der Waals surface area (Å²) in [6.07, 6.45) is 1.25. The summed E-state index contributed by atoms with van der Waals surface area (Å²) in [5.41, 5.74) is 0.646. The molecule has 2 bridgehead atoms.